The summed E-state index contributed by atoms with van der Waals surface area (Å²) < 4.78 is 7.45. The zero-order valence-electron chi connectivity index (χ0n) is 17.5. The molecule has 4 rings (SSSR count). The molecular formula is C24H23N5O. The van der Waals surface area contributed by atoms with E-state index in [2.05, 4.69) is 76.7 Å². The molecule has 30 heavy (non-hydrogen) atoms. The molecule has 0 aliphatic carbocycles. The van der Waals surface area contributed by atoms with Crippen LogP contribution in [-0.2, 0) is 0 Å². The summed E-state index contributed by atoms with van der Waals surface area (Å²) in [6, 6.07) is 16.7. The number of nitriles is 1. The summed E-state index contributed by atoms with van der Waals surface area (Å²) in [5.74, 6) is 1.00. The van der Waals surface area contributed by atoms with Crippen molar-refractivity contribution in [3.63, 3.8) is 0 Å². The maximum Gasteiger partial charge on any atom is 0.215 e. The number of hydrogen-bond acceptors (Lipinski definition) is 4. The molecule has 6 heteroatoms. The van der Waals surface area contributed by atoms with Crippen LogP contribution >= 0.6 is 0 Å². The Hall–Kier alpha value is -3.85. The van der Waals surface area contributed by atoms with E-state index in [4.69, 9.17) is 4.74 Å². The summed E-state index contributed by atoms with van der Waals surface area (Å²) >= 11 is 0. The Morgan fingerprint density at radius 1 is 1.23 bits per heavy atom. The van der Waals surface area contributed by atoms with Crippen molar-refractivity contribution >= 4 is 22.7 Å². The molecular weight excluding hydrogens is 374 g/mol. The van der Waals surface area contributed by atoms with Crippen molar-refractivity contribution < 1.29 is 4.74 Å². The van der Waals surface area contributed by atoms with Crippen molar-refractivity contribution in [2.75, 3.05) is 7.11 Å². The Morgan fingerprint density at radius 3 is 2.70 bits per heavy atom. The van der Waals surface area contributed by atoms with Gasteiger partial charge in [0.25, 0.3) is 0 Å². The van der Waals surface area contributed by atoms with E-state index in [0.29, 0.717) is 22.8 Å². The minimum absolute atomic E-state index is 0.198. The molecule has 0 amide bonds. The Balaban J connectivity index is 1.74. The summed E-state index contributed by atoms with van der Waals surface area (Å²) in [5, 5.41) is 9.80. The third-order valence-corrected chi connectivity index (χ3v) is 5.42. The second-order valence-corrected chi connectivity index (χ2v) is 7.28. The summed E-state index contributed by atoms with van der Waals surface area (Å²) in [6.45, 7) is 6.36. The average molecular weight is 397 g/mol. The molecule has 0 saturated heterocycles. The lowest BCUT2D eigenvalue weighted by molar-refractivity contribution is 0.398. The number of methoxy groups -OCH3 is 1. The Bertz CT molecular complexity index is 1270. The zero-order chi connectivity index (χ0) is 21.3. The van der Waals surface area contributed by atoms with Crippen LogP contribution in [0.15, 0.2) is 48.7 Å². The van der Waals surface area contributed by atoms with E-state index in [1.165, 1.54) is 5.56 Å². The SMILES string of the molecule is COc1cc2nc(C(C#N)=Cc3cc(C)n(C(C)c4ccccc4)c3C)[nH]c2cn1. The summed E-state index contributed by atoms with van der Waals surface area (Å²) in [5.41, 5.74) is 6.44. The van der Waals surface area contributed by atoms with Gasteiger partial charge in [-0.2, -0.15) is 5.26 Å². The number of fused-ring (bicyclic) bond motifs is 1. The second kappa shape index (κ2) is 7.88. The van der Waals surface area contributed by atoms with Crippen molar-refractivity contribution in [1.29, 1.82) is 5.26 Å². The number of imidazole rings is 1. The van der Waals surface area contributed by atoms with E-state index >= 15 is 0 Å². The third-order valence-electron chi connectivity index (χ3n) is 5.42. The number of benzene rings is 1. The molecule has 1 atom stereocenters. The molecule has 1 unspecified atom stereocenters. The molecule has 3 heterocycles. The van der Waals surface area contributed by atoms with Gasteiger partial charge in [0.05, 0.1) is 36.0 Å². The topological polar surface area (TPSA) is 79.5 Å². The van der Waals surface area contributed by atoms with Gasteiger partial charge in [0.1, 0.15) is 11.9 Å². The number of aromatic amines is 1. The predicted molar refractivity (Wildman–Crippen MR) is 118 cm³/mol. The van der Waals surface area contributed by atoms with Gasteiger partial charge in [-0.3, -0.25) is 0 Å². The highest BCUT2D eigenvalue weighted by molar-refractivity contribution is 5.90. The zero-order valence-corrected chi connectivity index (χ0v) is 17.5. The van der Waals surface area contributed by atoms with E-state index in [1.54, 1.807) is 19.4 Å². The van der Waals surface area contributed by atoms with E-state index in [1.807, 2.05) is 12.1 Å². The minimum atomic E-state index is 0.198. The normalized spacial score (nSPS) is 12.7. The fraction of sp³-hybridized carbons (Fsp3) is 0.208. The Morgan fingerprint density at radius 2 is 2.00 bits per heavy atom. The molecule has 6 nitrogen and oxygen atoms in total. The Labute approximate surface area is 175 Å². The maximum atomic E-state index is 9.80. The molecule has 4 aromatic rings. The highest BCUT2D eigenvalue weighted by Crippen LogP contribution is 2.28. The monoisotopic (exact) mass is 397 g/mol. The number of pyridine rings is 1. The number of H-pyrrole nitrogens is 1. The molecule has 0 aliphatic rings. The van der Waals surface area contributed by atoms with Gasteiger partial charge in [-0.25, -0.2) is 9.97 Å². The number of aryl methyl sites for hydroxylation is 1. The number of aromatic nitrogens is 4. The molecule has 0 spiro atoms. The summed E-state index contributed by atoms with van der Waals surface area (Å²) in [7, 11) is 1.56. The number of hydrogen-bond donors (Lipinski definition) is 1. The van der Waals surface area contributed by atoms with E-state index in [9.17, 15) is 5.26 Å². The summed E-state index contributed by atoms with van der Waals surface area (Å²) in [4.78, 5) is 11.9. The van der Waals surface area contributed by atoms with E-state index in [0.717, 1.165) is 22.5 Å². The Kier molecular flexibility index (Phi) is 5.11. The van der Waals surface area contributed by atoms with Crippen LogP contribution in [0.2, 0.25) is 0 Å². The van der Waals surface area contributed by atoms with Crippen molar-refractivity contribution in [1.82, 2.24) is 19.5 Å². The average Bonchev–Trinajstić information content (AvgIpc) is 3.31. The van der Waals surface area contributed by atoms with Gasteiger partial charge in [-0.05, 0) is 44.0 Å². The molecule has 150 valence electrons. The molecule has 0 radical (unpaired) electrons. The number of ether oxygens (including phenoxy) is 1. The summed E-state index contributed by atoms with van der Waals surface area (Å²) in [6.07, 6.45) is 3.55. The second-order valence-electron chi connectivity index (χ2n) is 7.28. The fourth-order valence-corrected chi connectivity index (χ4v) is 3.86. The van der Waals surface area contributed by atoms with Gasteiger partial charge in [0.15, 0.2) is 0 Å². The number of nitrogens with zero attached hydrogens (tertiary/aromatic N) is 4. The van der Waals surface area contributed by atoms with Gasteiger partial charge in [0.2, 0.25) is 5.88 Å². The molecule has 3 aromatic heterocycles. The number of allylic oxidation sites excluding steroid dienone is 1. The molecule has 0 bridgehead atoms. The third kappa shape index (κ3) is 3.46. The lowest BCUT2D eigenvalue weighted by Crippen LogP contribution is -2.10. The van der Waals surface area contributed by atoms with Crippen LogP contribution in [0.4, 0.5) is 0 Å². The molecule has 0 fully saturated rings. The standard InChI is InChI=1S/C24H23N5O/c1-15-10-19(17(3)29(15)16(2)18-8-6-5-7-9-18)11-20(13-25)24-27-21-12-23(30-4)26-14-22(21)28-24/h5-12,14,16H,1-4H3,(H,27,28). The first-order valence-corrected chi connectivity index (χ1v) is 9.77. The molecule has 1 N–H and O–H groups in total. The van der Waals surface area contributed by atoms with Crippen LogP contribution < -0.4 is 4.74 Å². The van der Waals surface area contributed by atoms with Crippen molar-refractivity contribution in [2.45, 2.75) is 26.8 Å². The van der Waals surface area contributed by atoms with Crippen LogP contribution in [0.25, 0.3) is 22.7 Å². The van der Waals surface area contributed by atoms with E-state index < -0.39 is 0 Å². The molecule has 0 saturated carbocycles. The number of nitrogens with one attached hydrogen (secondary N) is 1. The van der Waals surface area contributed by atoms with Crippen LogP contribution in [0.1, 0.15) is 41.3 Å². The van der Waals surface area contributed by atoms with Crippen molar-refractivity contribution in [3.05, 3.63) is 77.0 Å². The maximum absolute atomic E-state index is 9.80. The smallest absolute Gasteiger partial charge is 0.215 e. The minimum Gasteiger partial charge on any atom is -0.481 e. The van der Waals surface area contributed by atoms with Gasteiger partial charge in [-0.1, -0.05) is 30.3 Å². The van der Waals surface area contributed by atoms with Crippen LogP contribution in [0.5, 0.6) is 5.88 Å². The van der Waals surface area contributed by atoms with Gasteiger partial charge < -0.3 is 14.3 Å². The van der Waals surface area contributed by atoms with Gasteiger partial charge in [0, 0.05) is 17.5 Å². The van der Waals surface area contributed by atoms with Crippen LogP contribution in [0, 0.1) is 25.2 Å². The largest absolute Gasteiger partial charge is 0.481 e. The van der Waals surface area contributed by atoms with Gasteiger partial charge >= 0.3 is 0 Å². The lowest BCUT2D eigenvalue weighted by Gasteiger charge is -2.19. The first-order valence-electron chi connectivity index (χ1n) is 9.77. The van der Waals surface area contributed by atoms with Crippen LogP contribution in [-0.4, -0.2) is 26.6 Å². The van der Waals surface area contributed by atoms with Crippen LogP contribution in [0.3, 0.4) is 0 Å². The first-order chi connectivity index (χ1) is 14.5. The first kappa shape index (κ1) is 19.5. The molecule has 1 aromatic carbocycles. The van der Waals surface area contributed by atoms with Gasteiger partial charge in [-0.15, -0.1) is 0 Å². The fourth-order valence-electron chi connectivity index (χ4n) is 3.86. The van der Waals surface area contributed by atoms with E-state index in [-0.39, 0.29) is 6.04 Å². The molecule has 0 aliphatic heterocycles. The highest BCUT2D eigenvalue weighted by Gasteiger charge is 2.16. The van der Waals surface area contributed by atoms with Crippen molar-refractivity contribution in [3.8, 4) is 11.9 Å². The predicted octanol–water partition coefficient (Wildman–Crippen LogP) is 5.06. The highest BCUT2D eigenvalue weighted by atomic mass is 16.5. The van der Waals surface area contributed by atoms with Crippen molar-refractivity contribution in [2.24, 2.45) is 0 Å². The number of rotatable bonds is 5. The quantitative estimate of drug-likeness (QED) is 0.478. The lowest BCUT2D eigenvalue weighted by atomic mass is 10.1.